The van der Waals surface area contributed by atoms with Crippen LogP contribution in [0.4, 0.5) is 5.00 Å². The molecule has 0 radical (unpaired) electrons. The molecule has 0 unspecified atom stereocenters. The second-order valence-electron chi connectivity index (χ2n) is 7.92. The second kappa shape index (κ2) is 11.3. The number of hydrogen-bond donors (Lipinski definition) is 2. The zero-order valence-electron chi connectivity index (χ0n) is 18.9. The number of carbonyl (C=O) groups is 2. The van der Waals surface area contributed by atoms with Crippen LogP contribution in [0.25, 0.3) is 0 Å². The van der Waals surface area contributed by atoms with Crippen LogP contribution < -0.4 is 15.4 Å². The lowest BCUT2D eigenvalue weighted by Crippen LogP contribution is -2.34. The Labute approximate surface area is 208 Å². The summed E-state index contributed by atoms with van der Waals surface area (Å²) in [6.07, 6.45) is 4.73. The largest absolute Gasteiger partial charge is 0.493 e. The molecule has 176 valence electrons. The molecule has 2 N–H and O–H groups in total. The minimum atomic E-state index is -0.390. The summed E-state index contributed by atoms with van der Waals surface area (Å²) in [5.41, 5.74) is 3.22. The summed E-state index contributed by atoms with van der Waals surface area (Å²) in [6, 6.07) is 17.0. The predicted molar refractivity (Wildman–Crippen MR) is 138 cm³/mol. The van der Waals surface area contributed by atoms with Gasteiger partial charge in [0.15, 0.2) is 5.11 Å². The summed E-state index contributed by atoms with van der Waals surface area (Å²) in [5, 5.41) is 6.47. The third-order valence-electron chi connectivity index (χ3n) is 5.63. The number of nitrogens with one attached hydrogen (secondary N) is 2. The fourth-order valence-corrected chi connectivity index (χ4v) is 5.46. The Balaban J connectivity index is 1.33. The lowest BCUT2D eigenvalue weighted by atomic mass is 9.95. The molecule has 6 nitrogen and oxygen atoms in total. The van der Waals surface area contributed by atoms with Gasteiger partial charge in [0.25, 0.3) is 5.91 Å². The zero-order valence-corrected chi connectivity index (χ0v) is 20.5. The van der Waals surface area contributed by atoms with Gasteiger partial charge in [0.2, 0.25) is 0 Å². The number of thiophene rings is 1. The van der Waals surface area contributed by atoms with Crippen LogP contribution in [-0.4, -0.2) is 30.7 Å². The van der Waals surface area contributed by atoms with E-state index < -0.39 is 0 Å². The number of aryl methyl sites for hydroxylation is 1. The van der Waals surface area contributed by atoms with E-state index >= 15 is 0 Å². The van der Waals surface area contributed by atoms with E-state index in [0.29, 0.717) is 28.5 Å². The summed E-state index contributed by atoms with van der Waals surface area (Å²) in [7, 11) is 1.37. The predicted octanol–water partition coefficient (Wildman–Crippen LogP) is 5.16. The van der Waals surface area contributed by atoms with E-state index in [0.717, 1.165) is 37.7 Å². The first kappa shape index (κ1) is 23.9. The topological polar surface area (TPSA) is 76.7 Å². The molecule has 1 aliphatic carbocycles. The minimum Gasteiger partial charge on any atom is -0.493 e. The molecule has 0 saturated heterocycles. The second-order valence-corrected chi connectivity index (χ2v) is 9.44. The molecule has 8 heteroatoms. The van der Waals surface area contributed by atoms with Crippen LogP contribution >= 0.6 is 23.6 Å². The fraction of sp³-hybridized carbons (Fsp3) is 0.269. The van der Waals surface area contributed by atoms with Crippen LogP contribution in [-0.2, 0) is 24.0 Å². The van der Waals surface area contributed by atoms with Gasteiger partial charge in [0.1, 0.15) is 10.8 Å². The third kappa shape index (κ3) is 5.81. The number of benzene rings is 2. The minimum absolute atomic E-state index is 0.136. The van der Waals surface area contributed by atoms with Crippen molar-refractivity contribution in [3.8, 4) is 5.75 Å². The van der Waals surface area contributed by atoms with Crippen LogP contribution in [0.15, 0.2) is 54.6 Å². The van der Waals surface area contributed by atoms with Crippen molar-refractivity contribution in [2.45, 2.75) is 32.1 Å². The van der Waals surface area contributed by atoms with Crippen LogP contribution in [0.2, 0.25) is 0 Å². The van der Waals surface area contributed by atoms with E-state index in [1.165, 1.54) is 28.9 Å². The monoisotopic (exact) mass is 494 g/mol. The molecule has 1 amide bonds. The molecule has 34 heavy (non-hydrogen) atoms. The van der Waals surface area contributed by atoms with Crippen molar-refractivity contribution in [3.63, 3.8) is 0 Å². The average molecular weight is 495 g/mol. The van der Waals surface area contributed by atoms with Gasteiger partial charge >= 0.3 is 5.97 Å². The number of amides is 1. The molecule has 0 saturated carbocycles. The van der Waals surface area contributed by atoms with Gasteiger partial charge in [-0.05, 0) is 73.3 Å². The molecule has 0 aliphatic heterocycles. The van der Waals surface area contributed by atoms with Gasteiger partial charge < -0.3 is 14.8 Å². The highest BCUT2D eigenvalue weighted by Gasteiger charge is 2.26. The number of methoxy groups -OCH3 is 1. The lowest BCUT2D eigenvalue weighted by Gasteiger charge is -2.12. The van der Waals surface area contributed by atoms with Crippen LogP contribution in [0, 0.1) is 0 Å². The highest BCUT2D eigenvalue weighted by molar-refractivity contribution is 7.80. The molecular formula is C26H26N2O4S2. The van der Waals surface area contributed by atoms with Crippen molar-refractivity contribution >= 4 is 45.5 Å². The van der Waals surface area contributed by atoms with E-state index in [9.17, 15) is 9.59 Å². The first-order valence-electron chi connectivity index (χ1n) is 11.2. The number of esters is 1. The smallest absolute Gasteiger partial charge is 0.341 e. The van der Waals surface area contributed by atoms with Crippen LogP contribution in [0.3, 0.4) is 0 Å². The normalized spacial score (nSPS) is 12.4. The number of anilines is 1. The van der Waals surface area contributed by atoms with Gasteiger partial charge in [-0.1, -0.05) is 30.3 Å². The molecule has 1 aromatic heterocycles. The van der Waals surface area contributed by atoms with Gasteiger partial charge in [-0.25, -0.2) is 4.79 Å². The highest BCUT2D eigenvalue weighted by atomic mass is 32.1. The van der Waals surface area contributed by atoms with Gasteiger partial charge in [0, 0.05) is 16.9 Å². The molecule has 3 aromatic rings. The van der Waals surface area contributed by atoms with Gasteiger partial charge in [-0.3, -0.25) is 10.1 Å². The SMILES string of the molecule is COC(=O)c1c(NC(=S)NC(=O)c2ccc(OCCc3ccccc3)cc2)sc2c1CCCC2. The molecule has 0 bridgehead atoms. The first-order chi connectivity index (χ1) is 16.5. The van der Waals surface area contributed by atoms with Crippen LogP contribution in [0.5, 0.6) is 5.75 Å². The number of rotatable bonds is 7. The molecule has 0 atom stereocenters. The van der Waals surface area contributed by atoms with Gasteiger partial charge in [-0.15, -0.1) is 11.3 Å². The van der Waals surface area contributed by atoms with E-state index in [1.54, 1.807) is 24.3 Å². The Morgan fingerprint density at radius 2 is 1.76 bits per heavy atom. The number of fused-ring (bicyclic) bond motifs is 1. The lowest BCUT2D eigenvalue weighted by molar-refractivity contribution is 0.0601. The summed E-state index contributed by atoms with van der Waals surface area (Å²) in [6.45, 7) is 0.552. The number of carbonyl (C=O) groups excluding carboxylic acids is 2. The van der Waals surface area contributed by atoms with E-state index in [2.05, 4.69) is 22.8 Å². The van der Waals surface area contributed by atoms with Gasteiger partial charge in [0.05, 0.1) is 19.3 Å². The Bertz CT molecular complexity index is 1170. The standard InChI is InChI=1S/C26H26N2O4S2/c1-31-25(30)22-20-9-5-6-10-21(20)34-24(22)28-26(33)27-23(29)18-11-13-19(14-12-18)32-16-15-17-7-3-2-4-8-17/h2-4,7-8,11-14H,5-6,9-10,15-16H2,1H3,(H2,27,28,29,33). The van der Waals surface area contributed by atoms with Crippen molar-refractivity contribution in [2.75, 3.05) is 19.0 Å². The third-order valence-corrected chi connectivity index (χ3v) is 7.05. The quantitative estimate of drug-likeness (QED) is 0.349. The van der Waals surface area contributed by atoms with Crippen molar-refractivity contribution in [3.05, 3.63) is 81.7 Å². The Morgan fingerprint density at radius 1 is 1.03 bits per heavy atom. The maximum absolute atomic E-state index is 12.7. The van der Waals surface area contributed by atoms with Crippen molar-refractivity contribution < 1.29 is 19.1 Å². The maximum Gasteiger partial charge on any atom is 0.341 e. The summed E-state index contributed by atoms with van der Waals surface area (Å²) >= 11 is 6.85. The van der Waals surface area contributed by atoms with E-state index in [1.807, 2.05) is 18.2 Å². The molecule has 1 aliphatic rings. The molecule has 4 rings (SSSR count). The number of thiocarbonyl (C=S) groups is 1. The van der Waals surface area contributed by atoms with Crippen molar-refractivity contribution in [1.82, 2.24) is 5.32 Å². The maximum atomic E-state index is 12.7. The Kier molecular flexibility index (Phi) is 7.92. The van der Waals surface area contributed by atoms with Gasteiger partial charge in [-0.2, -0.15) is 0 Å². The molecule has 0 fully saturated rings. The van der Waals surface area contributed by atoms with Crippen molar-refractivity contribution in [1.29, 1.82) is 0 Å². The average Bonchev–Trinajstić information content (AvgIpc) is 3.22. The highest BCUT2D eigenvalue weighted by Crippen LogP contribution is 2.38. The molecular weight excluding hydrogens is 468 g/mol. The molecule has 1 heterocycles. The number of ether oxygens (including phenoxy) is 2. The summed E-state index contributed by atoms with van der Waals surface area (Å²) in [5.74, 6) is -0.0341. The summed E-state index contributed by atoms with van der Waals surface area (Å²) < 4.78 is 10.8. The number of hydrogen-bond acceptors (Lipinski definition) is 6. The molecule has 2 aromatic carbocycles. The zero-order chi connectivity index (χ0) is 23.9. The Hall–Kier alpha value is -3.23. The Morgan fingerprint density at radius 3 is 2.50 bits per heavy atom. The first-order valence-corrected chi connectivity index (χ1v) is 12.4. The van der Waals surface area contributed by atoms with Crippen LogP contribution in [0.1, 0.15) is 49.6 Å². The van der Waals surface area contributed by atoms with Crippen molar-refractivity contribution in [2.24, 2.45) is 0 Å². The fourth-order valence-electron chi connectivity index (χ4n) is 3.92. The molecule has 0 spiro atoms. The van der Waals surface area contributed by atoms with E-state index in [4.69, 9.17) is 21.7 Å². The van der Waals surface area contributed by atoms with E-state index in [-0.39, 0.29) is 17.0 Å². The summed E-state index contributed by atoms with van der Waals surface area (Å²) in [4.78, 5) is 26.2.